The van der Waals surface area contributed by atoms with Crippen LogP contribution in [0.15, 0.2) is 91.0 Å². The van der Waals surface area contributed by atoms with Gasteiger partial charge in [-0.15, -0.1) is 0 Å². The molecule has 43 heavy (non-hydrogen) atoms. The van der Waals surface area contributed by atoms with E-state index in [2.05, 4.69) is 0 Å². The first-order valence-corrected chi connectivity index (χ1v) is 15.1. The first kappa shape index (κ1) is 29.9. The molecule has 0 N–H and O–H groups in total. The van der Waals surface area contributed by atoms with Gasteiger partial charge in [-0.05, 0) is 30.5 Å². The number of fused-ring (bicyclic) bond motifs is 2. The largest absolute Gasteiger partial charge is 0.371 e. The minimum Gasteiger partial charge on any atom is -0.371 e. The van der Waals surface area contributed by atoms with Crippen LogP contribution in [0.1, 0.15) is 43.9 Å². The molecular formula is C35H41NO7. The quantitative estimate of drug-likeness (QED) is 0.304. The fourth-order valence-corrected chi connectivity index (χ4v) is 6.35. The number of ether oxygens (including phenoxy) is 6. The summed E-state index contributed by atoms with van der Waals surface area (Å²) in [6.07, 6.45) is -1.44. The third kappa shape index (κ3) is 7.01. The number of nitrogens with zero attached hydrogens (tertiary/aromatic N) is 1. The second kappa shape index (κ2) is 12.9. The standard InChI is InChI=1S/C35H41NO7/c1-25(37)36(20-26-13-7-4-8-14-26)29-19-35(24-38-21-27-15-9-5-10-16-27)42-32(30-23-40-34(2,3)41-30)33(43-35)31(29)39-22-28-17-11-6-12-18-28/h4-18,29-33H,19-24H2,1-3H3/t29-,30-,31+,32-,33+,35-/m1/s1. The molecule has 6 atom stereocenters. The molecule has 8 heteroatoms. The Morgan fingerprint density at radius 3 is 1.98 bits per heavy atom. The molecule has 6 rings (SSSR count). The van der Waals surface area contributed by atoms with Gasteiger partial charge in [0.05, 0.1) is 25.9 Å². The maximum absolute atomic E-state index is 13.3. The number of hydrogen-bond acceptors (Lipinski definition) is 7. The Bertz CT molecular complexity index is 1340. The molecule has 0 saturated carbocycles. The van der Waals surface area contributed by atoms with Gasteiger partial charge in [-0.1, -0.05) is 91.0 Å². The van der Waals surface area contributed by atoms with E-state index >= 15 is 0 Å². The van der Waals surface area contributed by atoms with Gasteiger partial charge in [0, 0.05) is 19.9 Å². The zero-order valence-electron chi connectivity index (χ0n) is 25.1. The van der Waals surface area contributed by atoms with Gasteiger partial charge in [-0.25, -0.2) is 0 Å². The van der Waals surface area contributed by atoms with Gasteiger partial charge >= 0.3 is 0 Å². The Labute approximate surface area is 253 Å². The van der Waals surface area contributed by atoms with Crippen molar-refractivity contribution in [3.05, 3.63) is 108 Å². The van der Waals surface area contributed by atoms with Gasteiger partial charge in [-0.3, -0.25) is 4.79 Å². The summed E-state index contributed by atoms with van der Waals surface area (Å²) in [6, 6.07) is 29.7. The summed E-state index contributed by atoms with van der Waals surface area (Å²) in [5.41, 5.74) is 3.14. The number of carbonyl (C=O) groups excluding carboxylic acids is 1. The summed E-state index contributed by atoms with van der Waals surface area (Å²) < 4.78 is 38.8. The monoisotopic (exact) mass is 587 g/mol. The number of hydrogen-bond donors (Lipinski definition) is 0. The Hall–Kier alpha value is -3.11. The van der Waals surface area contributed by atoms with Gasteiger partial charge < -0.3 is 33.3 Å². The predicted molar refractivity (Wildman–Crippen MR) is 160 cm³/mol. The second-order valence-electron chi connectivity index (χ2n) is 12.1. The highest BCUT2D eigenvalue weighted by Crippen LogP contribution is 2.47. The molecule has 228 valence electrons. The van der Waals surface area contributed by atoms with Crippen molar-refractivity contribution in [3.63, 3.8) is 0 Å². The average Bonchev–Trinajstić information content (AvgIpc) is 3.53. The summed E-state index contributed by atoms with van der Waals surface area (Å²) in [5.74, 6) is -1.86. The number of benzene rings is 3. The van der Waals surface area contributed by atoms with Gasteiger partial charge in [0.2, 0.25) is 5.91 Å². The SMILES string of the molecule is CC(=O)N(Cc1ccccc1)[C@@H]1C[C@]2(COCc3ccccc3)O[C@@H]([C@H]1OCc1ccccc1)[C@@H]([C@H]1COC(C)(C)O1)O2. The Kier molecular flexibility index (Phi) is 8.95. The molecular weight excluding hydrogens is 546 g/mol. The van der Waals surface area contributed by atoms with Crippen LogP contribution in [0.25, 0.3) is 0 Å². The van der Waals surface area contributed by atoms with E-state index in [4.69, 9.17) is 28.4 Å². The van der Waals surface area contributed by atoms with E-state index in [9.17, 15) is 4.79 Å². The van der Waals surface area contributed by atoms with E-state index in [-0.39, 0.29) is 24.7 Å². The summed E-state index contributed by atoms with van der Waals surface area (Å²) in [4.78, 5) is 15.2. The van der Waals surface area contributed by atoms with Gasteiger partial charge in [-0.2, -0.15) is 0 Å². The molecule has 2 bridgehead atoms. The molecule has 0 radical (unpaired) electrons. The van der Waals surface area contributed by atoms with Crippen LogP contribution in [0.5, 0.6) is 0 Å². The van der Waals surface area contributed by atoms with E-state index < -0.39 is 29.9 Å². The van der Waals surface area contributed by atoms with Crippen molar-refractivity contribution in [2.45, 2.75) is 89.0 Å². The van der Waals surface area contributed by atoms with E-state index in [0.29, 0.717) is 32.8 Å². The normalized spacial score (nSPS) is 29.4. The fourth-order valence-electron chi connectivity index (χ4n) is 6.35. The average molecular weight is 588 g/mol. The highest BCUT2D eigenvalue weighted by atomic mass is 16.8. The number of amides is 1. The molecule has 3 heterocycles. The molecule has 8 nitrogen and oxygen atoms in total. The highest BCUT2D eigenvalue weighted by molar-refractivity contribution is 5.73. The highest BCUT2D eigenvalue weighted by Gasteiger charge is 2.63. The van der Waals surface area contributed by atoms with Crippen LogP contribution in [0.3, 0.4) is 0 Å². The van der Waals surface area contributed by atoms with Crippen LogP contribution in [0.4, 0.5) is 0 Å². The Morgan fingerprint density at radius 1 is 0.814 bits per heavy atom. The number of carbonyl (C=O) groups is 1. The Balaban J connectivity index is 1.32. The smallest absolute Gasteiger partial charge is 0.220 e. The molecule has 3 aliphatic rings. The molecule has 3 fully saturated rings. The molecule has 0 unspecified atom stereocenters. The van der Waals surface area contributed by atoms with Crippen molar-refractivity contribution in [1.29, 1.82) is 0 Å². The predicted octanol–water partition coefficient (Wildman–Crippen LogP) is 5.24. The Morgan fingerprint density at radius 2 is 1.40 bits per heavy atom. The second-order valence-corrected chi connectivity index (χ2v) is 12.1. The molecule has 3 saturated heterocycles. The first-order valence-electron chi connectivity index (χ1n) is 15.1. The molecule has 3 aromatic carbocycles. The zero-order valence-corrected chi connectivity index (χ0v) is 25.1. The molecule has 0 aromatic heterocycles. The number of rotatable bonds is 11. The van der Waals surface area contributed by atoms with Crippen LogP contribution in [0.2, 0.25) is 0 Å². The molecule has 3 aliphatic heterocycles. The third-order valence-electron chi connectivity index (χ3n) is 8.36. The van der Waals surface area contributed by atoms with Crippen LogP contribution < -0.4 is 0 Å². The molecule has 3 aromatic rings. The fraction of sp³-hybridized carbons (Fsp3) is 0.457. The lowest BCUT2D eigenvalue weighted by atomic mass is 9.90. The van der Waals surface area contributed by atoms with E-state index in [0.717, 1.165) is 16.7 Å². The van der Waals surface area contributed by atoms with Crippen molar-refractivity contribution in [3.8, 4) is 0 Å². The molecule has 0 aliphatic carbocycles. The minimum absolute atomic E-state index is 0.0399. The van der Waals surface area contributed by atoms with Gasteiger partial charge in [0.15, 0.2) is 11.6 Å². The molecule has 0 spiro atoms. The van der Waals surface area contributed by atoms with Crippen molar-refractivity contribution in [2.24, 2.45) is 0 Å². The maximum atomic E-state index is 13.3. The van der Waals surface area contributed by atoms with Crippen molar-refractivity contribution < 1.29 is 33.2 Å². The third-order valence-corrected chi connectivity index (χ3v) is 8.36. The zero-order chi connectivity index (χ0) is 29.9. The van der Waals surface area contributed by atoms with Crippen molar-refractivity contribution in [2.75, 3.05) is 13.2 Å². The summed E-state index contributed by atoms with van der Waals surface area (Å²) in [6.45, 7) is 7.22. The van der Waals surface area contributed by atoms with E-state index in [1.807, 2.05) is 110 Å². The lowest BCUT2D eigenvalue weighted by Crippen LogP contribution is -2.60. The van der Waals surface area contributed by atoms with Crippen LogP contribution >= 0.6 is 0 Å². The first-order chi connectivity index (χ1) is 20.8. The minimum atomic E-state index is -1.08. The van der Waals surface area contributed by atoms with Crippen molar-refractivity contribution in [1.82, 2.24) is 4.90 Å². The van der Waals surface area contributed by atoms with Crippen LogP contribution in [-0.4, -0.2) is 66.1 Å². The van der Waals surface area contributed by atoms with E-state index in [1.165, 1.54) is 0 Å². The van der Waals surface area contributed by atoms with Gasteiger partial charge in [0.1, 0.15) is 31.0 Å². The topological polar surface area (TPSA) is 75.7 Å². The summed E-state index contributed by atoms with van der Waals surface area (Å²) >= 11 is 0. The van der Waals surface area contributed by atoms with Crippen LogP contribution in [-0.2, 0) is 53.0 Å². The lowest BCUT2D eigenvalue weighted by Gasteiger charge is -2.45. The van der Waals surface area contributed by atoms with Crippen molar-refractivity contribution >= 4 is 5.91 Å². The molecule has 1 amide bonds. The van der Waals surface area contributed by atoms with Gasteiger partial charge in [0.25, 0.3) is 0 Å². The van der Waals surface area contributed by atoms with E-state index in [1.54, 1.807) is 6.92 Å². The maximum Gasteiger partial charge on any atom is 0.220 e. The summed E-state index contributed by atoms with van der Waals surface area (Å²) in [7, 11) is 0. The van der Waals surface area contributed by atoms with Crippen LogP contribution in [0, 0.1) is 0 Å². The lowest BCUT2D eigenvalue weighted by molar-refractivity contribution is -0.260. The summed E-state index contributed by atoms with van der Waals surface area (Å²) in [5, 5.41) is 0.